The molecular formula is C18H19N5O2. The summed E-state index contributed by atoms with van der Waals surface area (Å²) < 4.78 is 10.3. The topological polar surface area (TPSA) is 81.2 Å². The Hall–Kier alpha value is -3.35. The average molecular weight is 337 g/mol. The maximum absolute atomic E-state index is 5.15. The fraction of sp³-hybridized carbons (Fsp3) is 0.167. The highest BCUT2D eigenvalue weighted by atomic mass is 16.5. The minimum atomic E-state index is 0.453. The molecule has 25 heavy (non-hydrogen) atoms. The summed E-state index contributed by atoms with van der Waals surface area (Å²) in [4.78, 5) is 4.41. The van der Waals surface area contributed by atoms with E-state index in [4.69, 9.17) is 9.47 Å². The average Bonchev–Trinajstić information content (AvgIpc) is 2.68. The van der Waals surface area contributed by atoms with Crippen molar-refractivity contribution >= 4 is 17.5 Å². The van der Waals surface area contributed by atoms with Crippen LogP contribution in [0.1, 0.15) is 5.56 Å². The van der Waals surface area contributed by atoms with Crippen molar-refractivity contribution in [3.8, 4) is 11.5 Å². The highest BCUT2D eigenvalue weighted by molar-refractivity contribution is 5.57. The lowest BCUT2D eigenvalue weighted by molar-refractivity contribution is 0.414. The summed E-state index contributed by atoms with van der Waals surface area (Å²) in [7, 11) is 3.28. The maximum atomic E-state index is 5.15. The molecule has 128 valence electrons. The Morgan fingerprint density at radius 3 is 2.16 bits per heavy atom. The zero-order chi connectivity index (χ0) is 17.5. The third-order valence-electron chi connectivity index (χ3n) is 3.53. The monoisotopic (exact) mass is 337 g/mol. The van der Waals surface area contributed by atoms with Gasteiger partial charge in [-0.3, -0.25) is 0 Å². The molecule has 7 nitrogen and oxygen atoms in total. The number of methoxy groups -OCH3 is 2. The molecule has 3 aromatic rings. The van der Waals surface area contributed by atoms with Crippen molar-refractivity contribution in [1.29, 1.82) is 0 Å². The van der Waals surface area contributed by atoms with Gasteiger partial charge in [-0.15, -0.1) is 5.10 Å². The normalized spacial score (nSPS) is 10.2. The summed E-state index contributed by atoms with van der Waals surface area (Å²) in [6.45, 7) is 0.595. The Kier molecular flexibility index (Phi) is 5.26. The highest BCUT2D eigenvalue weighted by Gasteiger charge is 2.02. The molecule has 7 heteroatoms. The summed E-state index contributed by atoms with van der Waals surface area (Å²) >= 11 is 0. The van der Waals surface area contributed by atoms with Crippen LogP contribution in [0.3, 0.4) is 0 Å². The Morgan fingerprint density at radius 2 is 1.52 bits per heavy atom. The summed E-state index contributed by atoms with van der Waals surface area (Å²) in [5.41, 5.74) is 1.99. The van der Waals surface area contributed by atoms with Crippen LogP contribution in [0.5, 0.6) is 11.5 Å². The molecule has 0 spiro atoms. The fourth-order valence-corrected chi connectivity index (χ4v) is 2.19. The molecule has 0 bridgehead atoms. The van der Waals surface area contributed by atoms with E-state index in [1.54, 1.807) is 20.4 Å². The largest absolute Gasteiger partial charge is 0.497 e. The van der Waals surface area contributed by atoms with Crippen LogP contribution in [-0.2, 0) is 6.54 Å². The van der Waals surface area contributed by atoms with Crippen molar-refractivity contribution in [1.82, 2.24) is 15.2 Å². The van der Waals surface area contributed by atoms with Crippen LogP contribution < -0.4 is 20.1 Å². The summed E-state index contributed by atoms with van der Waals surface area (Å²) in [5, 5.41) is 14.3. The SMILES string of the molecule is COc1ccc(CNc2nncc(Nc3ccc(OC)cc3)n2)cc1. The Morgan fingerprint density at radius 1 is 0.880 bits per heavy atom. The van der Waals surface area contributed by atoms with Crippen LogP contribution in [0.2, 0.25) is 0 Å². The quantitative estimate of drug-likeness (QED) is 0.685. The molecule has 0 radical (unpaired) electrons. The van der Waals surface area contributed by atoms with Crippen LogP contribution >= 0.6 is 0 Å². The molecular weight excluding hydrogens is 318 g/mol. The lowest BCUT2D eigenvalue weighted by atomic mass is 10.2. The molecule has 3 rings (SSSR count). The number of ether oxygens (including phenoxy) is 2. The van der Waals surface area contributed by atoms with Gasteiger partial charge in [-0.25, -0.2) is 0 Å². The van der Waals surface area contributed by atoms with E-state index in [0.717, 1.165) is 22.7 Å². The van der Waals surface area contributed by atoms with Gasteiger partial charge in [-0.05, 0) is 42.0 Å². The standard InChI is InChI=1S/C18H19N5O2/c1-24-15-7-3-13(4-8-15)11-19-18-22-17(12-20-23-18)21-14-5-9-16(25-2)10-6-14/h3-10,12H,11H2,1-2H3,(H2,19,21,22,23). The number of hydrogen-bond donors (Lipinski definition) is 2. The predicted octanol–water partition coefficient (Wildman–Crippen LogP) is 3.24. The first-order valence-electron chi connectivity index (χ1n) is 7.74. The summed E-state index contributed by atoms with van der Waals surface area (Å²) in [6.07, 6.45) is 1.57. The van der Waals surface area contributed by atoms with Gasteiger partial charge in [0.25, 0.3) is 0 Å². The first-order valence-corrected chi connectivity index (χ1v) is 7.74. The first-order chi connectivity index (χ1) is 12.3. The van der Waals surface area contributed by atoms with Gasteiger partial charge >= 0.3 is 0 Å². The van der Waals surface area contributed by atoms with Crippen LogP contribution in [0.25, 0.3) is 0 Å². The number of benzene rings is 2. The number of hydrogen-bond acceptors (Lipinski definition) is 7. The van der Waals surface area contributed by atoms with Crippen molar-refractivity contribution < 1.29 is 9.47 Å². The molecule has 0 aliphatic carbocycles. The van der Waals surface area contributed by atoms with E-state index in [1.165, 1.54) is 0 Å². The van der Waals surface area contributed by atoms with Gasteiger partial charge in [-0.2, -0.15) is 10.1 Å². The zero-order valence-electron chi connectivity index (χ0n) is 14.1. The van der Waals surface area contributed by atoms with Crippen molar-refractivity contribution in [2.24, 2.45) is 0 Å². The highest BCUT2D eigenvalue weighted by Crippen LogP contribution is 2.19. The van der Waals surface area contributed by atoms with E-state index in [1.807, 2.05) is 48.5 Å². The second-order valence-corrected chi connectivity index (χ2v) is 5.22. The maximum Gasteiger partial charge on any atom is 0.244 e. The molecule has 0 fully saturated rings. The van der Waals surface area contributed by atoms with E-state index in [-0.39, 0.29) is 0 Å². The van der Waals surface area contributed by atoms with Crippen molar-refractivity contribution in [2.45, 2.75) is 6.54 Å². The molecule has 1 heterocycles. The number of aromatic nitrogens is 3. The predicted molar refractivity (Wildman–Crippen MR) is 96.4 cm³/mol. The zero-order valence-corrected chi connectivity index (χ0v) is 14.1. The van der Waals surface area contributed by atoms with Gasteiger partial charge in [0.15, 0.2) is 5.82 Å². The minimum Gasteiger partial charge on any atom is -0.497 e. The molecule has 2 N–H and O–H groups in total. The van der Waals surface area contributed by atoms with Gasteiger partial charge < -0.3 is 20.1 Å². The van der Waals surface area contributed by atoms with Crippen molar-refractivity contribution in [2.75, 3.05) is 24.9 Å². The van der Waals surface area contributed by atoms with E-state index >= 15 is 0 Å². The molecule has 0 saturated heterocycles. The van der Waals surface area contributed by atoms with E-state index in [9.17, 15) is 0 Å². The molecule has 0 amide bonds. The van der Waals surface area contributed by atoms with Gasteiger partial charge in [0.2, 0.25) is 5.95 Å². The molecule has 0 aliphatic rings. The summed E-state index contributed by atoms with van der Waals surface area (Å²) in [6, 6.07) is 15.4. The third-order valence-corrected chi connectivity index (χ3v) is 3.53. The minimum absolute atomic E-state index is 0.453. The molecule has 0 unspecified atom stereocenters. The van der Waals surface area contributed by atoms with Gasteiger partial charge in [0.05, 0.1) is 20.4 Å². The smallest absolute Gasteiger partial charge is 0.244 e. The van der Waals surface area contributed by atoms with Gasteiger partial charge in [0, 0.05) is 12.2 Å². The number of rotatable bonds is 7. The number of nitrogens with zero attached hydrogens (tertiary/aromatic N) is 3. The fourth-order valence-electron chi connectivity index (χ4n) is 2.19. The molecule has 0 saturated carbocycles. The van der Waals surface area contributed by atoms with Crippen LogP contribution in [0.15, 0.2) is 54.7 Å². The molecule has 0 aliphatic heterocycles. The van der Waals surface area contributed by atoms with Gasteiger partial charge in [0.1, 0.15) is 11.5 Å². The lowest BCUT2D eigenvalue weighted by Crippen LogP contribution is -2.06. The van der Waals surface area contributed by atoms with E-state index < -0.39 is 0 Å². The summed E-state index contributed by atoms with van der Waals surface area (Å²) in [5.74, 6) is 2.69. The van der Waals surface area contributed by atoms with Crippen LogP contribution in [-0.4, -0.2) is 29.4 Å². The molecule has 1 aromatic heterocycles. The molecule has 2 aromatic carbocycles. The number of anilines is 3. The number of nitrogens with one attached hydrogen (secondary N) is 2. The van der Waals surface area contributed by atoms with Gasteiger partial charge in [-0.1, -0.05) is 12.1 Å². The Balaban J connectivity index is 1.62. The van der Waals surface area contributed by atoms with Crippen molar-refractivity contribution in [3.63, 3.8) is 0 Å². The Bertz CT molecular complexity index is 806. The Labute approximate surface area is 146 Å². The van der Waals surface area contributed by atoms with Crippen LogP contribution in [0.4, 0.5) is 17.5 Å². The third kappa shape index (κ3) is 4.57. The van der Waals surface area contributed by atoms with Crippen LogP contribution in [0, 0.1) is 0 Å². The molecule has 0 atom stereocenters. The van der Waals surface area contributed by atoms with Crippen molar-refractivity contribution in [3.05, 3.63) is 60.3 Å². The second kappa shape index (κ2) is 7.96. The van der Waals surface area contributed by atoms with E-state index in [2.05, 4.69) is 25.8 Å². The lowest BCUT2D eigenvalue weighted by Gasteiger charge is -2.08. The van der Waals surface area contributed by atoms with E-state index in [0.29, 0.717) is 18.3 Å². The first kappa shape index (κ1) is 16.5. The second-order valence-electron chi connectivity index (χ2n) is 5.22.